The van der Waals surface area contributed by atoms with Crippen molar-refractivity contribution in [1.82, 2.24) is 20.2 Å². The summed E-state index contributed by atoms with van der Waals surface area (Å²) in [4.78, 5) is 11.9. The minimum atomic E-state index is 0.0549. The Morgan fingerprint density at radius 1 is 1.53 bits per heavy atom. The molecule has 0 fully saturated rings. The first-order chi connectivity index (χ1) is 8.16. The molecule has 0 aliphatic heterocycles. The zero-order valence-corrected chi connectivity index (χ0v) is 11.4. The molecule has 88 valence electrons. The second-order valence-electron chi connectivity index (χ2n) is 3.31. The summed E-state index contributed by atoms with van der Waals surface area (Å²) in [5, 5.41) is 11.6. The highest BCUT2D eigenvalue weighted by Crippen LogP contribution is 2.17. The normalized spacial score (nSPS) is 10.5. The lowest BCUT2D eigenvalue weighted by Crippen LogP contribution is -2.03. The maximum Gasteiger partial charge on any atom is 0.209 e. The molecule has 1 aromatic carbocycles. The highest BCUT2D eigenvalue weighted by molar-refractivity contribution is 9.10. The van der Waals surface area contributed by atoms with E-state index in [9.17, 15) is 4.79 Å². The fraction of sp³-hybridized carbons (Fsp3) is 0.200. The number of benzene rings is 1. The molecule has 2 aromatic rings. The van der Waals surface area contributed by atoms with E-state index in [-0.39, 0.29) is 5.78 Å². The van der Waals surface area contributed by atoms with Crippen LogP contribution in [-0.2, 0) is 7.05 Å². The standard InChI is InChI=1S/C10H9BrN4OS/c1-15-10(12-13-14-15)17-6-9(16)7-3-2-4-8(11)5-7/h2-5H,6H2,1H3. The molecule has 0 spiro atoms. The van der Waals surface area contributed by atoms with Crippen molar-refractivity contribution >= 4 is 33.5 Å². The molecule has 0 N–H and O–H groups in total. The predicted octanol–water partition coefficient (Wildman–Crippen LogP) is 1.95. The summed E-state index contributed by atoms with van der Waals surface area (Å²) in [7, 11) is 1.74. The van der Waals surface area contributed by atoms with Gasteiger partial charge in [0.25, 0.3) is 0 Å². The summed E-state index contributed by atoms with van der Waals surface area (Å²) < 4.78 is 2.44. The van der Waals surface area contributed by atoms with Crippen LogP contribution in [0.15, 0.2) is 33.9 Å². The lowest BCUT2D eigenvalue weighted by Gasteiger charge is -2.00. The number of carbonyl (C=O) groups is 1. The number of ketones is 1. The number of nitrogens with zero attached hydrogens (tertiary/aromatic N) is 4. The summed E-state index contributed by atoms with van der Waals surface area (Å²) >= 11 is 4.66. The van der Waals surface area contributed by atoms with Gasteiger partial charge in [-0.1, -0.05) is 39.8 Å². The third-order valence-electron chi connectivity index (χ3n) is 2.06. The van der Waals surface area contributed by atoms with Crippen molar-refractivity contribution in [3.05, 3.63) is 34.3 Å². The third-order valence-corrected chi connectivity index (χ3v) is 3.56. The fourth-order valence-electron chi connectivity index (χ4n) is 1.22. The molecule has 5 nitrogen and oxygen atoms in total. The quantitative estimate of drug-likeness (QED) is 0.638. The Morgan fingerprint density at radius 3 is 3.00 bits per heavy atom. The molecule has 0 aliphatic rings. The zero-order chi connectivity index (χ0) is 12.3. The van der Waals surface area contributed by atoms with Gasteiger partial charge < -0.3 is 0 Å². The summed E-state index contributed by atoms with van der Waals surface area (Å²) in [6.07, 6.45) is 0. The first-order valence-electron chi connectivity index (χ1n) is 4.81. The Hall–Kier alpha value is -1.21. The average molecular weight is 313 g/mol. The van der Waals surface area contributed by atoms with Crippen LogP contribution in [0.5, 0.6) is 0 Å². The molecule has 17 heavy (non-hydrogen) atoms. The predicted molar refractivity (Wildman–Crippen MR) is 68.0 cm³/mol. The number of halogens is 1. The van der Waals surface area contributed by atoms with Crippen LogP contribution in [0.2, 0.25) is 0 Å². The van der Waals surface area contributed by atoms with E-state index >= 15 is 0 Å². The number of rotatable bonds is 4. The molecular formula is C10H9BrN4OS. The van der Waals surface area contributed by atoms with Crippen LogP contribution in [0.3, 0.4) is 0 Å². The molecular weight excluding hydrogens is 304 g/mol. The lowest BCUT2D eigenvalue weighted by molar-refractivity contribution is 0.102. The summed E-state index contributed by atoms with van der Waals surface area (Å²) in [6, 6.07) is 7.32. The van der Waals surface area contributed by atoms with Crippen molar-refractivity contribution in [2.45, 2.75) is 5.16 Å². The molecule has 1 aromatic heterocycles. The van der Waals surface area contributed by atoms with Gasteiger partial charge in [-0.05, 0) is 22.6 Å². The summed E-state index contributed by atoms with van der Waals surface area (Å²) in [6.45, 7) is 0. The largest absolute Gasteiger partial charge is 0.293 e. The first kappa shape index (κ1) is 12.3. The molecule has 0 unspecified atom stereocenters. The number of tetrazole rings is 1. The first-order valence-corrected chi connectivity index (χ1v) is 6.58. The van der Waals surface area contributed by atoms with Crippen LogP contribution in [0.1, 0.15) is 10.4 Å². The van der Waals surface area contributed by atoms with Crippen molar-refractivity contribution in [3.8, 4) is 0 Å². The van der Waals surface area contributed by atoms with Gasteiger partial charge in [0, 0.05) is 17.1 Å². The van der Waals surface area contributed by atoms with E-state index in [0.717, 1.165) is 4.47 Å². The van der Waals surface area contributed by atoms with Gasteiger partial charge in [-0.3, -0.25) is 4.79 Å². The van der Waals surface area contributed by atoms with Crippen molar-refractivity contribution in [1.29, 1.82) is 0 Å². The van der Waals surface area contributed by atoms with Gasteiger partial charge >= 0.3 is 0 Å². The monoisotopic (exact) mass is 312 g/mol. The van der Waals surface area contributed by atoms with E-state index < -0.39 is 0 Å². The molecule has 0 saturated heterocycles. The van der Waals surface area contributed by atoms with Gasteiger partial charge in [0.2, 0.25) is 5.16 Å². The van der Waals surface area contributed by atoms with Crippen LogP contribution in [0.4, 0.5) is 0 Å². The van der Waals surface area contributed by atoms with E-state index in [1.54, 1.807) is 23.9 Å². The van der Waals surface area contributed by atoms with Crippen LogP contribution >= 0.6 is 27.7 Å². The smallest absolute Gasteiger partial charge is 0.209 e. The molecule has 0 aliphatic carbocycles. The Labute approximate surface area is 111 Å². The van der Waals surface area contributed by atoms with Crippen LogP contribution in [0.25, 0.3) is 0 Å². The van der Waals surface area contributed by atoms with Crippen LogP contribution in [0, 0.1) is 0 Å². The topological polar surface area (TPSA) is 60.7 Å². The van der Waals surface area contributed by atoms with Crippen LogP contribution < -0.4 is 0 Å². The Bertz CT molecular complexity index is 543. The molecule has 0 atom stereocenters. The number of carbonyl (C=O) groups excluding carboxylic acids is 1. The molecule has 0 amide bonds. The maximum atomic E-state index is 11.9. The minimum Gasteiger partial charge on any atom is -0.293 e. The van der Waals surface area contributed by atoms with Gasteiger partial charge in [0.15, 0.2) is 5.78 Å². The molecule has 1 heterocycles. The Morgan fingerprint density at radius 2 is 2.35 bits per heavy atom. The van der Waals surface area contributed by atoms with Crippen molar-refractivity contribution in [2.75, 3.05) is 5.75 Å². The van der Waals surface area contributed by atoms with Crippen molar-refractivity contribution < 1.29 is 4.79 Å². The highest BCUT2D eigenvalue weighted by Gasteiger charge is 2.09. The number of aromatic nitrogens is 4. The van der Waals surface area contributed by atoms with E-state index in [1.165, 1.54) is 11.8 Å². The molecule has 7 heteroatoms. The van der Waals surface area contributed by atoms with Gasteiger partial charge in [-0.15, -0.1) is 5.10 Å². The van der Waals surface area contributed by atoms with E-state index in [0.29, 0.717) is 16.5 Å². The third kappa shape index (κ3) is 3.13. The SMILES string of the molecule is Cn1nnnc1SCC(=O)c1cccc(Br)c1. The van der Waals surface area contributed by atoms with Gasteiger partial charge in [-0.2, -0.15) is 0 Å². The molecule has 0 radical (unpaired) electrons. The summed E-state index contributed by atoms with van der Waals surface area (Å²) in [5.74, 6) is 0.379. The number of hydrogen-bond acceptors (Lipinski definition) is 5. The molecule has 0 saturated carbocycles. The second-order valence-corrected chi connectivity index (χ2v) is 5.17. The molecule has 2 rings (SSSR count). The number of hydrogen-bond donors (Lipinski definition) is 0. The maximum absolute atomic E-state index is 11.9. The van der Waals surface area contributed by atoms with Gasteiger partial charge in [0.1, 0.15) is 0 Å². The van der Waals surface area contributed by atoms with E-state index in [1.807, 2.05) is 12.1 Å². The Balaban J connectivity index is 2.01. The van der Waals surface area contributed by atoms with Crippen molar-refractivity contribution in [3.63, 3.8) is 0 Å². The zero-order valence-electron chi connectivity index (χ0n) is 9.00. The minimum absolute atomic E-state index is 0.0549. The number of aryl methyl sites for hydroxylation is 1. The van der Waals surface area contributed by atoms with Crippen molar-refractivity contribution in [2.24, 2.45) is 7.05 Å². The average Bonchev–Trinajstić information content (AvgIpc) is 2.72. The highest BCUT2D eigenvalue weighted by atomic mass is 79.9. The summed E-state index contributed by atoms with van der Waals surface area (Å²) in [5.41, 5.74) is 0.682. The van der Waals surface area contributed by atoms with Gasteiger partial charge in [0.05, 0.1) is 5.75 Å². The van der Waals surface area contributed by atoms with E-state index in [4.69, 9.17) is 0 Å². The van der Waals surface area contributed by atoms with Crippen LogP contribution in [-0.4, -0.2) is 31.7 Å². The molecule has 0 bridgehead atoms. The van der Waals surface area contributed by atoms with Gasteiger partial charge in [-0.25, -0.2) is 4.68 Å². The number of Topliss-reactive ketones (excluding diaryl/α,β-unsaturated/α-hetero) is 1. The fourth-order valence-corrected chi connectivity index (χ4v) is 2.36. The lowest BCUT2D eigenvalue weighted by atomic mass is 10.2. The van der Waals surface area contributed by atoms with E-state index in [2.05, 4.69) is 31.5 Å². The number of thioether (sulfide) groups is 1. The Kier molecular flexibility index (Phi) is 3.90. The second kappa shape index (κ2) is 5.42.